The molecule has 33 heavy (non-hydrogen) atoms. The molecule has 0 aliphatic heterocycles. The van der Waals surface area contributed by atoms with Crippen LogP contribution in [0.25, 0.3) is 33.1 Å². The van der Waals surface area contributed by atoms with Crippen molar-refractivity contribution in [1.29, 1.82) is 0 Å². The van der Waals surface area contributed by atoms with Crippen molar-refractivity contribution in [3.05, 3.63) is 60.0 Å². The molecule has 0 fully saturated rings. The lowest BCUT2D eigenvalue weighted by Crippen LogP contribution is -2.11. The molecule has 0 saturated carbocycles. The first-order valence-electron chi connectivity index (χ1n) is 10.2. The molecule has 0 atom stereocenters. The predicted molar refractivity (Wildman–Crippen MR) is 126 cm³/mol. The minimum Gasteiger partial charge on any atom is -0.505 e. The Morgan fingerprint density at radius 2 is 1.88 bits per heavy atom. The van der Waals surface area contributed by atoms with Crippen LogP contribution in [0.15, 0.2) is 58.6 Å². The van der Waals surface area contributed by atoms with Crippen LogP contribution in [-0.2, 0) is 0 Å². The van der Waals surface area contributed by atoms with Gasteiger partial charge in [-0.25, -0.2) is 14.4 Å². The summed E-state index contributed by atoms with van der Waals surface area (Å²) in [7, 11) is 0. The van der Waals surface area contributed by atoms with Crippen molar-refractivity contribution in [3.63, 3.8) is 0 Å². The summed E-state index contributed by atoms with van der Waals surface area (Å²) in [4.78, 5) is 8.81. The van der Waals surface area contributed by atoms with Crippen molar-refractivity contribution < 1.29 is 13.9 Å². The van der Waals surface area contributed by atoms with Gasteiger partial charge in [-0.3, -0.25) is 0 Å². The van der Waals surface area contributed by atoms with Crippen LogP contribution in [0, 0.1) is 5.82 Å². The average Bonchev–Trinajstić information content (AvgIpc) is 3.45. The van der Waals surface area contributed by atoms with Crippen LogP contribution in [0.4, 0.5) is 21.6 Å². The van der Waals surface area contributed by atoms with E-state index in [1.54, 1.807) is 17.5 Å². The molecule has 0 radical (unpaired) electrons. The van der Waals surface area contributed by atoms with Crippen molar-refractivity contribution in [3.8, 4) is 28.7 Å². The highest BCUT2D eigenvalue weighted by atomic mass is 32.1. The van der Waals surface area contributed by atoms with Gasteiger partial charge in [0, 0.05) is 29.6 Å². The molecule has 10 heteroatoms. The van der Waals surface area contributed by atoms with E-state index < -0.39 is 11.6 Å². The minimum atomic E-state index is -0.719. The highest BCUT2D eigenvalue weighted by molar-refractivity contribution is 7.16. The Balaban J connectivity index is 1.47. The third-order valence-electron chi connectivity index (χ3n) is 4.80. The van der Waals surface area contributed by atoms with Crippen LogP contribution in [0.5, 0.6) is 5.75 Å². The molecule has 8 nitrogen and oxygen atoms in total. The van der Waals surface area contributed by atoms with Gasteiger partial charge in [0.15, 0.2) is 11.6 Å². The Hall–Kier alpha value is -4.05. The first-order chi connectivity index (χ1) is 16.0. The van der Waals surface area contributed by atoms with Gasteiger partial charge in [-0.2, -0.15) is 0 Å². The van der Waals surface area contributed by atoms with Gasteiger partial charge in [0.05, 0.1) is 27.0 Å². The number of nitrogens with one attached hydrogen (secondary N) is 2. The maximum absolute atomic E-state index is 13.4. The van der Waals surface area contributed by atoms with E-state index in [1.807, 2.05) is 43.6 Å². The number of pyridine rings is 1. The Morgan fingerprint density at radius 1 is 1.03 bits per heavy atom. The monoisotopic (exact) mass is 462 g/mol. The van der Waals surface area contributed by atoms with Crippen LogP contribution in [0.1, 0.15) is 13.8 Å². The zero-order chi connectivity index (χ0) is 22.9. The summed E-state index contributed by atoms with van der Waals surface area (Å²) in [5.41, 5.74) is 5.47. The van der Waals surface area contributed by atoms with Gasteiger partial charge in [0.25, 0.3) is 5.89 Å². The molecule has 0 aliphatic carbocycles. The Morgan fingerprint density at radius 3 is 2.70 bits per heavy atom. The molecular weight excluding hydrogens is 443 g/mol. The van der Waals surface area contributed by atoms with Crippen molar-refractivity contribution in [2.75, 3.05) is 10.6 Å². The fraction of sp³-hybridized carbons (Fsp3) is 0.130. The van der Waals surface area contributed by atoms with Gasteiger partial charge in [-0.15, -0.1) is 21.5 Å². The third kappa shape index (κ3) is 4.33. The maximum atomic E-state index is 13.4. The second-order valence-corrected chi connectivity index (χ2v) is 8.54. The van der Waals surface area contributed by atoms with E-state index in [1.165, 1.54) is 12.1 Å². The zero-order valence-electron chi connectivity index (χ0n) is 17.7. The molecule has 0 spiro atoms. The third-order valence-corrected chi connectivity index (χ3v) is 5.59. The van der Waals surface area contributed by atoms with E-state index in [-0.39, 0.29) is 17.8 Å². The average molecular weight is 463 g/mol. The summed E-state index contributed by atoms with van der Waals surface area (Å²) in [5.74, 6) is -0.140. The zero-order valence-corrected chi connectivity index (χ0v) is 18.5. The first kappa shape index (κ1) is 20.8. The summed E-state index contributed by atoms with van der Waals surface area (Å²) in [6.07, 6.45) is 1.65. The van der Waals surface area contributed by atoms with Gasteiger partial charge in [0.1, 0.15) is 5.82 Å². The number of benzene rings is 2. The van der Waals surface area contributed by atoms with Crippen LogP contribution >= 0.6 is 11.3 Å². The van der Waals surface area contributed by atoms with E-state index in [4.69, 9.17) is 4.42 Å². The summed E-state index contributed by atoms with van der Waals surface area (Å²) < 4.78 is 20.3. The fourth-order valence-electron chi connectivity index (χ4n) is 3.30. The molecule has 5 aromatic rings. The van der Waals surface area contributed by atoms with Crippen LogP contribution < -0.4 is 10.6 Å². The number of halogens is 1. The van der Waals surface area contributed by atoms with E-state index in [2.05, 4.69) is 30.8 Å². The summed E-state index contributed by atoms with van der Waals surface area (Å²) in [5, 5.41) is 24.5. The molecule has 3 heterocycles. The second kappa shape index (κ2) is 8.47. The lowest BCUT2D eigenvalue weighted by Gasteiger charge is -2.15. The Kier molecular flexibility index (Phi) is 5.35. The van der Waals surface area contributed by atoms with Crippen LogP contribution in [0.2, 0.25) is 0 Å². The van der Waals surface area contributed by atoms with Crippen LogP contribution in [0.3, 0.4) is 0 Å². The molecular formula is C23H19FN6O2S. The molecule has 0 aliphatic rings. The summed E-state index contributed by atoms with van der Waals surface area (Å²) in [6, 6.07) is 11.8. The summed E-state index contributed by atoms with van der Waals surface area (Å²) in [6.45, 7) is 4.05. The van der Waals surface area contributed by atoms with Gasteiger partial charge >= 0.3 is 0 Å². The number of anilines is 3. The number of rotatable bonds is 6. The number of fused-ring (bicyclic) bond motifs is 1. The smallest absolute Gasteiger partial charge is 0.251 e. The number of phenols is 1. The molecule has 0 saturated heterocycles. The van der Waals surface area contributed by atoms with Gasteiger partial charge in [-0.1, -0.05) is 0 Å². The van der Waals surface area contributed by atoms with Crippen molar-refractivity contribution in [2.45, 2.75) is 19.9 Å². The van der Waals surface area contributed by atoms with E-state index in [0.29, 0.717) is 16.9 Å². The predicted octanol–water partition coefficient (Wildman–Crippen LogP) is 5.82. The fourth-order valence-corrected chi connectivity index (χ4v) is 4.02. The minimum absolute atomic E-state index is 0.143. The summed E-state index contributed by atoms with van der Waals surface area (Å²) >= 11 is 1.58. The largest absolute Gasteiger partial charge is 0.505 e. The number of aromatic hydroxyl groups is 1. The van der Waals surface area contributed by atoms with Crippen LogP contribution in [-0.4, -0.2) is 31.3 Å². The Labute approximate surface area is 192 Å². The van der Waals surface area contributed by atoms with Crippen molar-refractivity contribution in [1.82, 2.24) is 20.2 Å². The first-order valence-corrected chi connectivity index (χ1v) is 11.0. The number of hydrogen-bond donors (Lipinski definition) is 3. The molecule has 0 unspecified atom stereocenters. The van der Waals surface area contributed by atoms with E-state index >= 15 is 0 Å². The molecule has 3 N–H and O–H groups in total. The van der Waals surface area contributed by atoms with Gasteiger partial charge < -0.3 is 20.2 Å². The molecule has 166 valence electrons. The number of aromatic nitrogens is 4. The van der Waals surface area contributed by atoms with Gasteiger partial charge in [0.2, 0.25) is 5.89 Å². The molecule has 2 aromatic carbocycles. The van der Waals surface area contributed by atoms with E-state index in [9.17, 15) is 9.50 Å². The van der Waals surface area contributed by atoms with Gasteiger partial charge in [-0.05, 0) is 50.2 Å². The number of thiazole rings is 1. The quantitative estimate of drug-likeness (QED) is 0.290. The normalized spacial score (nSPS) is 11.3. The maximum Gasteiger partial charge on any atom is 0.251 e. The van der Waals surface area contributed by atoms with E-state index in [0.717, 1.165) is 27.7 Å². The Bertz CT molecular complexity index is 1450. The number of hydrogen-bond acceptors (Lipinski definition) is 9. The molecule has 5 rings (SSSR count). The highest BCUT2D eigenvalue weighted by Crippen LogP contribution is 2.33. The molecule has 0 amide bonds. The lowest BCUT2D eigenvalue weighted by atomic mass is 10.2. The van der Waals surface area contributed by atoms with Crippen molar-refractivity contribution in [2.24, 2.45) is 0 Å². The standard InChI is InChI=1S/C23H19FN6O2S/c1-12(2)27-18-9-21(28-14-4-6-17-20(8-14)33-11-26-17)25-10-15(18)23-30-29-22(32-23)13-3-5-16(24)19(31)7-13/h3-12,31H,1-2H3,(H2,25,27,28). The lowest BCUT2D eigenvalue weighted by molar-refractivity contribution is 0.432. The van der Waals surface area contributed by atoms with Crippen molar-refractivity contribution >= 4 is 38.7 Å². The molecule has 3 aromatic heterocycles. The topological polar surface area (TPSA) is 109 Å². The highest BCUT2D eigenvalue weighted by Gasteiger charge is 2.17. The number of phenolic OH excluding ortho intramolecular Hbond substituents is 1. The second-order valence-electron chi connectivity index (χ2n) is 7.65. The number of nitrogens with zero attached hydrogens (tertiary/aromatic N) is 4. The SMILES string of the molecule is CC(C)Nc1cc(Nc2ccc3ncsc3c2)ncc1-c1nnc(-c2ccc(F)c(O)c2)o1. The molecule has 0 bridgehead atoms.